The molecule has 1 atom stereocenters. The molecular formula is C14H22N2. The maximum atomic E-state index is 5.85. The van der Waals surface area contributed by atoms with Crippen molar-refractivity contribution in [1.82, 2.24) is 0 Å². The Morgan fingerprint density at radius 1 is 1.25 bits per heavy atom. The summed E-state index contributed by atoms with van der Waals surface area (Å²) in [6, 6.07) is 8.81. The Kier molecular flexibility index (Phi) is 2.94. The minimum absolute atomic E-state index is 0.129. The Bertz CT molecular complexity index is 352. The Hall–Kier alpha value is -1.02. The molecule has 0 spiro atoms. The van der Waals surface area contributed by atoms with Gasteiger partial charge in [0.15, 0.2) is 0 Å². The second-order valence-corrected chi connectivity index (χ2v) is 5.72. The summed E-state index contributed by atoms with van der Waals surface area (Å²) < 4.78 is 0. The van der Waals surface area contributed by atoms with E-state index in [1.165, 1.54) is 24.2 Å². The second kappa shape index (κ2) is 4.10. The van der Waals surface area contributed by atoms with E-state index in [0.717, 1.165) is 6.54 Å². The molecule has 1 fully saturated rings. The molecule has 0 radical (unpaired) electrons. The summed E-state index contributed by atoms with van der Waals surface area (Å²) in [6.45, 7) is 9.02. The Morgan fingerprint density at radius 2 is 1.88 bits per heavy atom. The van der Waals surface area contributed by atoms with E-state index in [1.54, 1.807) is 0 Å². The third-order valence-corrected chi connectivity index (χ3v) is 3.46. The third-order valence-electron chi connectivity index (χ3n) is 3.46. The van der Waals surface area contributed by atoms with Gasteiger partial charge in [-0.15, -0.1) is 0 Å². The van der Waals surface area contributed by atoms with E-state index >= 15 is 0 Å². The van der Waals surface area contributed by atoms with Crippen LogP contribution in [0.15, 0.2) is 24.3 Å². The normalized spacial score (nSPS) is 21.1. The van der Waals surface area contributed by atoms with Gasteiger partial charge in [-0.3, -0.25) is 0 Å². The Labute approximate surface area is 98.4 Å². The van der Waals surface area contributed by atoms with Crippen molar-refractivity contribution in [3.63, 3.8) is 0 Å². The van der Waals surface area contributed by atoms with Gasteiger partial charge in [0.05, 0.1) is 0 Å². The molecule has 0 aliphatic carbocycles. The van der Waals surface area contributed by atoms with Crippen LogP contribution >= 0.6 is 0 Å². The maximum absolute atomic E-state index is 5.85. The molecule has 1 aromatic rings. The lowest BCUT2D eigenvalue weighted by atomic mass is 9.93. The van der Waals surface area contributed by atoms with Gasteiger partial charge in [-0.2, -0.15) is 0 Å². The fourth-order valence-electron chi connectivity index (χ4n) is 2.32. The van der Waals surface area contributed by atoms with Crippen LogP contribution in [-0.2, 0) is 0 Å². The first-order valence-corrected chi connectivity index (χ1v) is 6.08. The molecule has 1 aromatic carbocycles. The lowest BCUT2D eigenvalue weighted by Crippen LogP contribution is -2.22. The first kappa shape index (κ1) is 11.5. The SMILES string of the molecule is CC(N)c1ccc(N2CCC(C)(C)C2)cc1. The van der Waals surface area contributed by atoms with E-state index in [-0.39, 0.29) is 6.04 Å². The molecule has 0 amide bonds. The highest BCUT2D eigenvalue weighted by Crippen LogP contribution is 2.32. The standard InChI is InChI=1S/C14H22N2/c1-11(15)12-4-6-13(7-5-12)16-9-8-14(2,3)10-16/h4-7,11H,8-10,15H2,1-3H3. The molecule has 2 heteroatoms. The van der Waals surface area contributed by atoms with Gasteiger partial charge >= 0.3 is 0 Å². The lowest BCUT2D eigenvalue weighted by Gasteiger charge is -2.22. The quantitative estimate of drug-likeness (QED) is 0.827. The van der Waals surface area contributed by atoms with Crippen molar-refractivity contribution in [3.05, 3.63) is 29.8 Å². The molecule has 0 aromatic heterocycles. The minimum Gasteiger partial charge on any atom is -0.371 e. The van der Waals surface area contributed by atoms with Crippen LogP contribution in [0.1, 0.15) is 38.8 Å². The first-order valence-electron chi connectivity index (χ1n) is 6.08. The number of hydrogen-bond acceptors (Lipinski definition) is 2. The van der Waals surface area contributed by atoms with Gasteiger partial charge in [-0.25, -0.2) is 0 Å². The molecule has 1 saturated heterocycles. The van der Waals surface area contributed by atoms with E-state index in [0.29, 0.717) is 5.41 Å². The number of nitrogens with two attached hydrogens (primary N) is 1. The molecule has 1 aliphatic heterocycles. The van der Waals surface area contributed by atoms with Crippen molar-refractivity contribution < 1.29 is 0 Å². The van der Waals surface area contributed by atoms with Crippen LogP contribution in [0, 0.1) is 5.41 Å². The van der Waals surface area contributed by atoms with Crippen LogP contribution in [0.25, 0.3) is 0 Å². The number of hydrogen-bond donors (Lipinski definition) is 1. The van der Waals surface area contributed by atoms with E-state index < -0.39 is 0 Å². The number of anilines is 1. The number of benzene rings is 1. The minimum atomic E-state index is 0.129. The van der Waals surface area contributed by atoms with E-state index in [1.807, 2.05) is 6.92 Å². The highest BCUT2D eigenvalue weighted by Gasteiger charge is 2.29. The molecule has 2 N–H and O–H groups in total. The van der Waals surface area contributed by atoms with Gasteiger partial charge in [0.1, 0.15) is 0 Å². The summed E-state index contributed by atoms with van der Waals surface area (Å²) >= 11 is 0. The van der Waals surface area contributed by atoms with Crippen molar-refractivity contribution in [1.29, 1.82) is 0 Å². The fraction of sp³-hybridized carbons (Fsp3) is 0.571. The van der Waals surface area contributed by atoms with Gasteiger partial charge in [-0.1, -0.05) is 26.0 Å². The van der Waals surface area contributed by atoms with Crippen molar-refractivity contribution in [3.8, 4) is 0 Å². The van der Waals surface area contributed by atoms with Gasteiger partial charge in [0, 0.05) is 24.8 Å². The fourth-order valence-corrected chi connectivity index (χ4v) is 2.32. The topological polar surface area (TPSA) is 29.3 Å². The highest BCUT2D eigenvalue weighted by molar-refractivity contribution is 5.49. The summed E-state index contributed by atoms with van der Waals surface area (Å²) in [5.74, 6) is 0. The van der Waals surface area contributed by atoms with Gasteiger partial charge in [0.2, 0.25) is 0 Å². The van der Waals surface area contributed by atoms with E-state index in [4.69, 9.17) is 5.73 Å². The predicted octanol–water partition coefficient (Wildman–Crippen LogP) is 2.94. The van der Waals surface area contributed by atoms with Crippen LogP contribution in [0.3, 0.4) is 0 Å². The van der Waals surface area contributed by atoms with Gasteiger partial charge in [-0.05, 0) is 36.5 Å². The Balaban J connectivity index is 2.11. The molecule has 1 aliphatic rings. The zero-order valence-electron chi connectivity index (χ0n) is 10.5. The molecular weight excluding hydrogens is 196 g/mol. The molecule has 88 valence electrons. The van der Waals surface area contributed by atoms with Crippen LogP contribution < -0.4 is 10.6 Å². The van der Waals surface area contributed by atoms with Gasteiger partial charge < -0.3 is 10.6 Å². The number of rotatable bonds is 2. The summed E-state index contributed by atoms with van der Waals surface area (Å²) in [4.78, 5) is 2.46. The predicted molar refractivity (Wildman–Crippen MR) is 69.7 cm³/mol. The summed E-state index contributed by atoms with van der Waals surface area (Å²) in [5, 5.41) is 0. The van der Waals surface area contributed by atoms with Crippen molar-refractivity contribution in [2.24, 2.45) is 11.1 Å². The van der Waals surface area contributed by atoms with E-state index in [2.05, 4.69) is 43.0 Å². The third kappa shape index (κ3) is 2.38. The Morgan fingerprint density at radius 3 is 2.31 bits per heavy atom. The van der Waals surface area contributed by atoms with Crippen molar-refractivity contribution >= 4 is 5.69 Å². The van der Waals surface area contributed by atoms with Crippen molar-refractivity contribution in [2.45, 2.75) is 33.2 Å². The molecule has 0 bridgehead atoms. The largest absolute Gasteiger partial charge is 0.371 e. The molecule has 2 rings (SSSR count). The molecule has 16 heavy (non-hydrogen) atoms. The zero-order chi connectivity index (χ0) is 11.8. The summed E-state index contributed by atoms with van der Waals surface area (Å²) in [7, 11) is 0. The van der Waals surface area contributed by atoms with Crippen LogP contribution in [0.5, 0.6) is 0 Å². The average Bonchev–Trinajstić information content (AvgIpc) is 2.59. The highest BCUT2D eigenvalue weighted by atomic mass is 15.2. The molecule has 0 saturated carbocycles. The van der Waals surface area contributed by atoms with Crippen LogP contribution in [-0.4, -0.2) is 13.1 Å². The first-order chi connectivity index (χ1) is 7.48. The van der Waals surface area contributed by atoms with Crippen LogP contribution in [0.4, 0.5) is 5.69 Å². The van der Waals surface area contributed by atoms with Crippen LogP contribution in [0.2, 0.25) is 0 Å². The smallest absolute Gasteiger partial charge is 0.0366 e. The summed E-state index contributed by atoms with van der Waals surface area (Å²) in [5.41, 5.74) is 8.84. The zero-order valence-corrected chi connectivity index (χ0v) is 10.5. The molecule has 1 heterocycles. The second-order valence-electron chi connectivity index (χ2n) is 5.72. The number of nitrogens with zero attached hydrogens (tertiary/aromatic N) is 1. The van der Waals surface area contributed by atoms with Crippen molar-refractivity contribution in [2.75, 3.05) is 18.0 Å². The maximum Gasteiger partial charge on any atom is 0.0366 e. The monoisotopic (exact) mass is 218 g/mol. The average molecular weight is 218 g/mol. The molecule has 2 nitrogen and oxygen atoms in total. The van der Waals surface area contributed by atoms with Gasteiger partial charge in [0.25, 0.3) is 0 Å². The lowest BCUT2D eigenvalue weighted by molar-refractivity contribution is 0.418. The molecule has 1 unspecified atom stereocenters. The van der Waals surface area contributed by atoms with E-state index in [9.17, 15) is 0 Å². The summed E-state index contributed by atoms with van der Waals surface area (Å²) in [6.07, 6.45) is 1.28.